The number of hydrogen-bond donors (Lipinski definition) is 1. The molecule has 0 aliphatic carbocycles. The summed E-state index contributed by atoms with van der Waals surface area (Å²) in [5, 5.41) is 2.86. The Morgan fingerprint density at radius 2 is 1.82 bits per heavy atom. The number of rotatable bonds is 7. The number of carbonyl (C=O) groups excluding carboxylic acids is 1. The largest absolute Gasteiger partial charge is 0.425 e. The molecule has 6 nitrogen and oxygen atoms in total. The summed E-state index contributed by atoms with van der Waals surface area (Å²) in [6.45, 7) is 0.168. The predicted octanol–water partition coefficient (Wildman–Crippen LogP) is 3.71. The molecule has 0 saturated heterocycles. The van der Waals surface area contributed by atoms with Gasteiger partial charge in [-0.3, -0.25) is 14.2 Å². The Labute approximate surface area is 188 Å². The first-order valence-electron chi connectivity index (χ1n) is 10.4. The number of ether oxygens (including phenoxy) is 1. The third-order valence-corrected chi connectivity index (χ3v) is 5.10. The van der Waals surface area contributed by atoms with E-state index in [4.69, 9.17) is 4.74 Å². The number of halogens is 2. The fourth-order valence-corrected chi connectivity index (χ4v) is 3.58. The molecule has 0 atom stereocenters. The Bertz CT molecular complexity index is 1390. The van der Waals surface area contributed by atoms with E-state index in [1.807, 2.05) is 0 Å². The second kappa shape index (κ2) is 9.70. The van der Waals surface area contributed by atoms with Gasteiger partial charge in [-0.25, -0.2) is 13.8 Å². The zero-order chi connectivity index (χ0) is 23.4. The summed E-state index contributed by atoms with van der Waals surface area (Å²) in [6, 6.07) is 16.7. The Morgan fingerprint density at radius 1 is 1.03 bits per heavy atom. The van der Waals surface area contributed by atoms with Crippen molar-refractivity contribution in [2.75, 3.05) is 13.6 Å². The van der Waals surface area contributed by atoms with Crippen LogP contribution in [0.5, 0.6) is 5.75 Å². The molecule has 4 aromatic rings. The first kappa shape index (κ1) is 22.3. The van der Waals surface area contributed by atoms with Gasteiger partial charge in [-0.15, -0.1) is 0 Å². The average Bonchev–Trinajstić information content (AvgIpc) is 2.79. The van der Waals surface area contributed by atoms with Gasteiger partial charge in [0.2, 0.25) is 0 Å². The molecule has 0 spiro atoms. The monoisotopic (exact) mass is 449 g/mol. The predicted molar refractivity (Wildman–Crippen MR) is 121 cm³/mol. The van der Waals surface area contributed by atoms with Gasteiger partial charge in [-0.1, -0.05) is 24.3 Å². The molecule has 1 heterocycles. The summed E-state index contributed by atoms with van der Waals surface area (Å²) in [5.74, 6) is -0.914. The fourth-order valence-electron chi connectivity index (χ4n) is 3.58. The van der Waals surface area contributed by atoms with Crippen LogP contribution in [0.1, 0.15) is 5.56 Å². The lowest BCUT2D eigenvalue weighted by atomic mass is 10.1. The molecule has 0 aliphatic heterocycles. The molecule has 3 aromatic carbocycles. The van der Waals surface area contributed by atoms with Crippen molar-refractivity contribution in [3.05, 3.63) is 94.3 Å². The lowest BCUT2D eigenvalue weighted by Crippen LogP contribution is -2.26. The zero-order valence-electron chi connectivity index (χ0n) is 17.8. The summed E-state index contributed by atoms with van der Waals surface area (Å²) in [5.41, 5.74) is 1.00. The van der Waals surface area contributed by atoms with Crippen LogP contribution in [0.2, 0.25) is 0 Å². The van der Waals surface area contributed by atoms with Crippen molar-refractivity contribution in [1.82, 2.24) is 14.9 Å². The van der Waals surface area contributed by atoms with Gasteiger partial charge in [0, 0.05) is 6.54 Å². The number of fused-ring (bicyclic) bond motifs is 1. The number of para-hydroxylation sites is 1. The minimum atomic E-state index is -0.549. The van der Waals surface area contributed by atoms with Crippen molar-refractivity contribution in [2.24, 2.45) is 0 Å². The number of aryl methyl sites for hydroxylation is 1. The molecular formula is C25H21F2N3O3. The maximum Gasteiger partial charge on any atom is 0.325 e. The van der Waals surface area contributed by atoms with E-state index < -0.39 is 17.3 Å². The minimum Gasteiger partial charge on any atom is -0.425 e. The summed E-state index contributed by atoms with van der Waals surface area (Å²) in [7, 11) is 1.63. The number of nitrogens with zero attached hydrogens (tertiary/aromatic N) is 2. The number of aromatic nitrogens is 2. The van der Waals surface area contributed by atoms with Crippen LogP contribution in [0, 0.1) is 11.6 Å². The van der Waals surface area contributed by atoms with Gasteiger partial charge in [0.1, 0.15) is 23.2 Å². The molecule has 0 radical (unpaired) electrons. The van der Waals surface area contributed by atoms with Gasteiger partial charge in [-0.2, -0.15) is 0 Å². The van der Waals surface area contributed by atoms with E-state index in [1.54, 1.807) is 43.4 Å². The highest BCUT2D eigenvalue weighted by Crippen LogP contribution is 2.29. The summed E-state index contributed by atoms with van der Waals surface area (Å²) in [4.78, 5) is 30.1. The van der Waals surface area contributed by atoms with Crippen LogP contribution < -0.4 is 15.6 Å². The first-order chi connectivity index (χ1) is 16.0. The van der Waals surface area contributed by atoms with Crippen LogP contribution in [0.15, 0.2) is 71.5 Å². The zero-order valence-corrected chi connectivity index (χ0v) is 17.8. The van der Waals surface area contributed by atoms with Crippen molar-refractivity contribution in [2.45, 2.75) is 13.0 Å². The highest BCUT2D eigenvalue weighted by atomic mass is 19.1. The number of nitrogens with one attached hydrogen (secondary N) is 1. The fraction of sp³-hybridized carbons (Fsp3) is 0.160. The molecule has 1 N–H and O–H groups in total. The second-order valence-corrected chi connectivity index (χ2v) is 7.43. The van der Waals surface area contributed by atoms with Crippen LogP contribution in [0.25, 0.3) is 22.3 Å². The number of hydrogen-bond acceptors (Lipinski definition) is 5. The lowest BCUT2D eigenvalue weighted by Gasteiger charge is -2.16. The number of likely N-dealkylation sites (N-methyl/N-ethyl adjacent to an activating group) is 1. The molecule has 0 fully saturated rings. The molecule has 0 amide bonds. The molecule has 168 valence electrons. The molecule has 33 heavy (non-hydrogen) atoms. The quantitative estimate of drug-likeness (QED) is 0.344. The molecule has 8 heteroatoms. The van der Waals surface area contributed by atoms with Crippen molar-refractivity contribution in [1.29, 1.82) is 0 Å². The van der Waals surface area contributed by atoms with E-state index in [0.717, 1.165) is 6.07 Å². The van der Waals surface area contributed by atoms with E-state index in [9.17, 15) is 18.4 Å². The Hall–Kier alpha value is -3.91. The Balaban J connectivity index is 1.85. The summed E-state index contributed by atoms with van der Waals surface area (Å²) >= 11 is 0. The van der Waals surface area contributed by atoms with Gasteiger partial charge < -0.3 is 10.1 Å². The standard InChI is InChI=1S/C25H21F2N3O3/c1-28-15-23(31)33-22-8-3-2-7-19(22)24-29-21-10-9-18(27)14-20(21)25(32)30(24)12-11-16-5-4-6-17(26)13-16/h2-10,13-14,28H,11-12,15H2,1H3. The van der Waals surface area contributed by atoms with Crippen LogP contribution in [-0.2, 0) is 17.8 Å². The van der Waals surface area contributed by atoms with E-state index in [0.29, 0.717) is 23.1 Å². The van der Waals surface area contributed by atoms with Crippen LogP contribution in [0.3, 0.4) is 0 Å². The van der Waals surface area contributed by atoms with Crippen LogP contribution in [-0.4, -0.2) is 29.1 Å². The SMILES string of the molecule is CNCC(=O)Oc1ccccc1-c1nc2ccc(F)cc2c(=O)n1CCc1cccc(F)c1. The second-order valence-electron chi connectivity index (χ2n) is 7.43. The minimum absolute atomic E-state index is 0.00510. The molecule has 0 aliphatic rings. The summed E-state index contributed by atoms with van der Waals surface area (Å²) < 4.78 is 34.4. The van der Waals surface area contributed by atoms with E-state index >= 15 is 0 Å². The molecular weight excluding hydrogens is 428 g/mol. The highest BCUT2D eigenvalue weighted by molar-refractivity contribution is 5.82. The topological polar surface area (TPSA) is 73.2 Å². The first-order valence-corrected chi connectivity index (χ1v) is 10.4. The third kappa shape index (κ3) is 4.96. The molecule has 4 rings (SSSR count). The smallest absolute Gasteiger partial charge is 0.325 e. The Kier molecular flexibility index (Phi) is 6.55. The number of benzene rings is 3. The van der Waals surface area contributed by atoms with Crippen LogP contribution >= 0.6 is 0 Å². The van der Waals surface area contributed by atoms with Crippen LogP contribution in [0.4, 0.5) is 8.78 Å². The molecule has 0 saturated carbocycles. The number of esters is 1. The van der Waals surface area contributed by atoms with Gasteiger partial charge in [0.05, 0.1) is 23.0 Å². The molecule has 0 unspecified atom stereocenters. The van der Waals surface area contributed by atoms with Crippen molar-refractivity contribution >= 4 is 16.9 Å². The van der Waals surface area contributed by atoms with E-state index in [1.165, 1.54) is 28.8 Å². The average molecular weight is 449 g/mol. The number of carbonyl (C=O) groups is 1. The highest BCUT2D eigenvalue weighted by Gasteiger charge is 2.18. The van der Waals surface area contributed by atoms with Crippen molar-refractivity contribution in [3.63, 3.8) is 0 Å². The Morgan fingerprint density at radius 3 is 2.61 bits per heavy atom. The van der Waals surface area contributed by atoms with Gasteiger partial charge in [0.25, 0.3) is 5.56 Å². The van der Waals surface area contributed by atoms with Gasteiger partial charge in [0.15, 0.2) is 0 Å². The van der Waals surface area contributed by atoms with Gasteiger partial charge in [-0.05, 0) is 61.5 Å². The van der Waals surface area contributed by atoms with Crippen molar-refractivity contribution < 1.29 is 18.3 Å². The lowest BCUT2D eigenvalue weighted by molar-refractivity contribution is -0.133. The maximum absolute atomic E-state index is 13.9. The maximum atomic E-state index is 13.9. The normalized spacial score (nSPS) is 11.0. The molecule has 0 bridgehead atoms. The summed E-state index contributed by atoms with van der Waals surface area (Å²) in [6.07, 6.45) is 0.342. The van der Waals surface area contributed by atoms with E-state index in [2.05, 4.69) is 10.3 Å². The third-order valence-electron chi connectivity index (χ3n) is 5.10. The van der Waals surface area contributed by atoms with Crippen molar-refractivity contribution in [3.8, 4) is 17.1 Å². The molecule has 1 aromatic heterocycles. The van der Waals surface area contributed by atoms with E-state index in [-0.39, 0.29) is 35.9 Å². The van der Waals surface area contributed by atoms with Gasteiger partial charge >= 0.3 is 5.97 Å².